The molecule has 0 bridgehead atoms. The van der Waals surface area contributed by atoms with E-state index in [1.165, 1.54) is 21.9 Å². The molecular weight excluding hydrogens is 204 g/mol. The van der Waals surface area contributed by atoms with E-state index in [-0.39, 0.29) is 0 Å². The Morgan fingerprint density at radius 2 is 1.88 bits per heavy atom. The van der Waals surface area contributed by atoms with E-state index in [2.05, 4.69) is 56.5 Å². The van der Waals surface area contributed by atoms with Crippen molar-refractivity contribution in [2.24, 2.45) is 0 Å². The summed E-state index contributed by atoms with van der Waals surface area (Å²) in [5.41, 5.74) is 3.78. The van der Waals surface area contributed by atoms with E-state index in [4.69, 9.17) is 0 Å². The molecule has 0 saturated carbocycles. The van der Waals surface area contributed by atoms with Crippen molar-refractivity contribution >= 4 is 16.3 Å². The lowest BCUT2D eigenvalue weighted by Crippen LogP contribution is -1.90. The minimum Gasteiger partial charge on any atom is -0.103 e. The summed E-state index contributed by atoms with van der Waals surface area (Å²) in [5.74, 6) is 0. The van der Waals surface area contributed by atoms with Crippen molar-refractivity contribution < 1.29 is 0 Å². The lowest BCUT2D eigenvalue weighted by molar-refractivity contribution is 1.01. The minimum absolute atomic E-state index is 1.02. The van der Waals surface area contributed by atoms with Crippen molar-refractivity contribution in [2.45, 2.75) is 19.8 Å². The van der Waals surface area contributed by atoms with E-state index in [0.717, 1.165) is 18.4 Å². The van der Waals surface area contributed by atoms with Gasteiger partial charge in [-0.05, 0) is 41.7 Å². The van der Waals surface area contributed by atoms with Crippen LogP contribution >= 0.6 is 0 Å². The van der Waals surface area contributed by atoms with Gasteiger partial charge in [0.15, 0.2) is 0 Å². The Labute approximate surface area is 103 Å². The van der Waals surface area contributed by atoms with Crippen LogP contribution in [0.15, 0.2) is 55.6 Å². The third-order valence-electron chi connectivity index (χ3n) is 3.07. The van der Waals surface area contributed by atoms with Crippen LogP contribution in [0.3, 0.4) is 0 Å². The van der Waals surface area contributed by atoms with Crippen molar-refractivity contribution in [3.05, 3.63) is 66.8 Å². The monoisotopic (exact) mass is 222 g/mol. The average Bonchev–Trinajstić information content (AvgIpc) is 2.35. The summed E-state index contributed by atoms with van der Waals surface area (Å²) < 4.78 is 0. The molecule has 0 atom stereocenters. The Morgan fingerprint density at radius 1 is 1.18 bits per heavy atom. The topological polar surface area (TPSA) is 0 Å². The van der Waals surface area contributed by atoms with Crippen LogP contribution in [0, 0.1) is 0 Å². The lowest BCUT2D eigenvalue weighted by Gasteiger charge is -2.11. The van der Waals surface area contributed by atoms with E-state index >= 15 is 0 Å². The largest absolute Gasteiger partial charge is 0.103 e. The number of rotatable bonds is 4. The highest BCUT2D eigenvalue weighted by molar-refractivity contribution is 5.95. The Morgan fingerprint density at radius 3 is 2.53 bits per heavy atom. The van der Waals surface area contributed by atoms with Gasteiger partial charge in [0.1, 0.15) is 0 Å². The SMILES string of the molecule is C=CCCc1cccc2cccc(C(=C)C)c12. The number of benzene rings is 2. The maximum atomic E-state index is 4.08. The quantitative estimate of drug-likeness (QED) is 0.639. The zero-order valence-electron chi connectivity index (χ0n) is 10.4. The average molecular weight is 222 g/mol. The Bertz CT molecular complexity index is 556. The van der Waals surface area contributed by atoms with Crippen molar-refractivity contribution in [3.8, 4) is 0 Å². The summed E-state index contributed by atoms with van der Waals surface area (Å²) in [6.07, 6.45) is 4.04. The summed E-state index contributed by atoms with van der Waals surface area (Å²) in [6.45, 7) is 9.94. The number of allylic oxidation sites excluding steroid dienone is 2. The first-order chi connectivity index (χ1) is 8.24. The lowest BCUT2D eigenvalue weighted by atomic mass is 9.94. The summed E-state index contributed by atoms with van der Waals surface area (Å²) in [6, 6.07) is 12.9. The van der Waals surface area contributed by atoms with E-state index < -0.39 is 0 Å². The number of hydrogen-bond acceptors (Lipinski definition) is 0. The summed E-state index contributed by atoms with van der Waals surface area (Å²) in [5, 5.41) is 2.65. The first-order valence-electron chi connectivity index (χ1n) is 6.01. The fraction of sp³-hybridized carbons (Fsp3) is 0.176. The van der Waals surface area contributed by atoms with E-state index in [1.54, 1.807) is 0 Å². The van der Waals surface area contributed by atoms with Gasteiger partial charge in [0.2, 0.25) is 0 Å². The van der Waals surface area contributed by atoms with Gasteiger partial charge in [-0.15, -0.1) is 6.58 Å². The third-order valence-corrected chi connectivity index (χ3v) is 3.07. The number of hydrogen-bond donors (Lipinski definition) is 0. The molecule has 0 radical (unpaired) electrons. The molecule has 0 aromatic heterocycles. The Kier molecular flexibility index (Phi) is 3.43. The molecule has 0 aliphatic rings. The van der Waals surface area contributed by atoms with Crippen LogP contribution in [0.4, 0.5) is 0 Å². The third kappa shape index (κ3) is 2.31. The molecule has 2 aromatic rings. The molecule has 17 heavy (non-hydrogen) atoms. The molecule has 0 heterocycles. The summed E-state index contributed by atoms with van der Waals surface area (Å²) >= 11 is 0. The van der Waals surface area contributed by atoms with Gasteiger partial charge >= 0.3 is 0 Å². The molecule has 0 fully saturated rings. The second kappa shape index (κ2) is 5.01. The van der Waals surface area contributed by atoms with Crippen LogP contribution in [0.25, 0.3) is 16.3 Å². The highest BCUT2D eigenvalue weighted by Gasteiger charge is 2.05. The van der Waals surface area contributed by atoms with Crippen molar-refractivity contribution in [1.29, 1.82) is 0 Å². The first kappa shape index (κ1) is 11.7. The predicted molar refractivity (Wildman–Crippen MR) is 77.2 cm³/mol. The minimum atomic E-state index is 1.02. The smallest absolute Gasteiger partial charge is 0.00768 e. The van der Waals surface area contributed by atoms with Gasteiger partial charge in [-0.25, -0.2) is 0 Å². The Hall–Kier alpha value is -1.82. The molecule has 2 aromatic carbocycles. The Balaban J connectivity index is 2.66. The number of fused-ring (bicyclic) bond motifs is 1. The van der Waals surface area contributed by atoms with Gasteiger partial charge in [-0.2, -0.15) is 0 Å². The fourth-order valence-corrected chi connectivity index (χ4v) is 2.24. The zero-order valence-corrected chi connectivity index (χ0v) is 10.4. The maximum Gasteiger partial charge on any atom is -0.00768 e. The van der Waals surface area contributed by atoms with E-state index in [9.17, 15) is 0 Å². The molecule has 2 rings (SSSR count). The molecule has 0 spiro atoms. The highest BCUT2D eigenvalue weighted by Crippen LogP contribution is 2.28. The van der Waals surface area contributed by atoms with Gasteiger partial charge in [-0.1, -0.05) is 54.6 Å². The van der Waals surface area contributed by atoms with E-state index in [1.807, 2.05) is 6.08 Å². The molecule has 86 valence electrons. The standard InChI is InChI=1S/C17H18/c1-4-5-8-14-9-6-10-15-11-7-12-16(13(2)3)17(14)15/h4,6-7,9-12H,1-2,5,8H2,3H3. The molecule has 0 N–H and O–H groups in total. The molecule has 0 aliphatic heterocycles. The van der Waals surface area contributed by atoms with Gasteiger partial charge in [0, 0.05) is 0 Å². The molecular formula is C17H18. The normalized spacial score (nSPS) is 10.4. The first-order valence-corrected chi connectivity index (χ1v) is 6.01. The van der Waals surface area contributed by atoms with Crippen LogP contribution in [0.2, 0.25) is 0 Å². The molecule has 0 nitrogen and oxygen atoms in total. The van der Waals surface area contributed by atoms with Crippen molar-refractivity contribution in [1.82, 2.24) is 0 Å². The highest BCUT2D eigenvalue weighted by atomic mass is 14.1. The van der Waals surface area contributed by atoms with Crippen LogP contribution in [-0.2, 0) is 6.42 Å². The van der Waals surface area contributed by atoms with Crippen molar-refractivity contribution in [3.63, 3.8) is 0 Å². The number of aryl methyl sites for hydroxylation is 1. The van der Waals surface area contributed by atoms with Gasteiger partial charge in [0.05, 0.1) is 0 Å². The predicted octanol–water partition coefficient (Wildman–Crippen LogP) is 4.99. The molecule has 0 heteroatoms. The maximum absolute atomic E-state index is 4.08. The summed E-state index contributed by atoms with van der Waals surface area (Å²) in [7, 11) is 0. The second-order valence-corrected chi connectivity index (χ2v) is 4.43. The van der Waals surface area contributed by atoms with Crippen LogP contribution in [0.1, 0.15) is 24.5 Å². The fourth-order valence-electron chi connectivity index (χ4n) is 2.24. The summed E-state index contributed by atoms with van der Waals surface area (Å²) in [4.78, 5) is 0. The molecule has 0 unspecified atom stereocenters. The van der Waals surface area contributed by atoms with Gasteiger partial charge in [-0.3, -0.25) is 0 Å². The van der Waals surface area contributed by atoms with Gasteiger partial charge < -0.3 is 0 Å². The zero-order chi connectivity index (χ0) is 12.3. The second-order valence-electron chi connectivity index (χ2n) is 4.43. The molecule has 0 saturated heterocycles. The van der Waals surface area contributed by atoms with Gasteiger partial charge in [0.25, 0.3) is 0 Å². The van der Waals surface area contributed by atoms with Crippen LogP contribution < -0.4 is 0 Å². The molecule has 0 aliphatic carbocycles. The van der Waals surface area contributed by atoms with E-state index in [0.29, 0.717) is 0 Å². The van der Waals surface area contributed by atoms with Crippen LogP contribution in [-0.4, -0.2) is 0 Å². The van der Waals surface area contributed by atoms with Crippen molar-refractivity contribution in [2.75, 3.05) is 0 Å². The van der Waals surface area contributed by atoms with Crippen LogP contribution in [0.5, 0.6) is 0 Å². The molecule has 0 amide bonds.